The van der Waals surface area contributed by atoms with Gasteiger partial charge in [-0.3, -0.25) is 4.79 Å². The van der Waals surface area contributed by atoms with E-state index >= 15 is 0 Å². The molecule has 0 saturated carbocycles. The third-order valence-corrected chi connectivity index (χ3v) is 3.75. The molecule has 0 radical (unpaired) electrons. The molecular weight excluding hydrogens is 276 g/mol. The van der Waals surface area contributed by atoms with Crippen LogP contribution in [-0.2, 0) is 0 Å². The number of carboxylic acids is 1. The number of thiazole rings is 1. The molecular formula is C14H14N2O3S. The van der Waals surface area contributed by atoms with E-state index in [-0.39, 0.29) is 16.6 Å². The molecule has 20 heavy (non-hydrogen) atoms. The first-order chi connectivity index (χ1) is 9.40. The highest BCUT2D eigenvalue weighted by Gasteiger charge is 2.20. The van der Waals surface area contributed by atoms with Gasteiger partial charge in [-0.15, -0.1) is 11.3 Å². The zero-order chi connectivity index (χ0) is 14.9. The van der Waals surface area contributed by atoms with E-state index in [2.05, 4.69) is 4.98 Å². The first-order valence-electron chi connectivity index (χ1n) is 5.94. The largest absolute Gasteiger partial charge is 0.476 e. The van der Waals surface area contributed by atoms with Crippen LogP contribution in [0.4, 0.5) is 5.69 Å². The van der Waals surface area contributed by atoms with Crippen LogP contribution in [0.1, 0.15) is 31.4 Å². The average molecular weight is 290 g/mol. The van der Waals surface area contributed by atoms with Gasteiger partial charge in [0.05, 0.1) is 0 Å². The fraction of sp³-hybridized carbons (Fsp3) is 0.214. The van der Waals surface area contributed by atoms with E-state index in [0.29, 0.717) is 0 Å². The van der Waals surface area contributed by atoms with E-state index in [0.717, 1.165) is 28.2 Å². The van der Waals surface area contributed by atoms with Crippen molar-refractivity contribution in [1.82, 2.24) is 4.98 Å². The lowest BCUT2D eigenvalue weighted by molar-refractivity contribution is 0.0691. The maximum atomic E-state index is 12.3. The second kappa shape index (κ2) is 5.42. The summed E-state index contributed by atoms with van der Waals surface area (Å²) in [6.45, 7) is 3.91. The Morgan fingerprint density at radius 2 is 2.00 bits per heavy atom. The van der Waals surface area contributed by atoms with Gasteiger partial charge >= 0.3 is 5.97 Å². The van der Waals surface area contributed by atoms with Crippen molar-refractivity contribution in [2.75, 3.05) is 11.9 Å². The summed E-state index contributed by atoms with van der Waals surface area (Å²) in [5.74, 6) is -1.44. The number of rotatable bonds is 3. The van der Waals surface area contributed by atoms with Crippen LogP contribution in [-0.4, -0.2) is 29.0 Å². The third-order valence-electron chi connectivity index (χ3n) is 2.92. The first-order valence-corrected chi connectivity index (χ1v) is 6.82. The maximum Gasteiger partial charge on any atom is 0.355 e. The Morgan fingerprint density at radius 1 is 1.30 bits per heavy atom. The molecule has 0 saturated heterocycles. The minimum absolute atomic E-state index is 0.104. The van der Waals surface area contributed by atoms with Crippen molar-refractivity contribution in [3.05, 3.63) is 45.4 Å². The Balaban J connectivity index is 2.29. The second-order valence-corrected chi connectivity index (χ2v) is 5.36. The molecule has 1 amide bonds. The van der Waals surface area contributed by atoms with Crippen LogP contribution in [0.2, 0.25) is 0 Å². The van der Waals surface area contributed by atoms with E-state index in [4.69, 9.17) is 5.11 Å². The quantitative estimate of drug-likeness (QED) is 0.943. The van der Waals surface area contributed by atoms with Crippen LogP contribution < -0.4 is 4.90 Å². The number of carbonyl (C=O) groups is 2. The molecule has 0 aliphatic rings. The monoisotopic (exact) mass is 290 g/mol. The van der Waals surface area contributed by atoms with Crippen LogP contribution >= 0.6 is 11.3 Å². The molecule has 1 aromatic carbocycles. The van der Waals surface area contributed by atoms with Gasteiger partial charge in [0.25, 0.3) is 5.91 Å². The zero-order valence-electron chi connectivity index (χ0n) is 11.4. The normalized spacial score (nSPS) is 10.3. The Kier molecular flexibility index (Phi) is 3.85. The summed E-state index contributed by atoms with van der Waals surface area (Å²) in [6, 6.07) is 5.79. The molecule has 1 aromatic heterocycles. The summed E-state index contributed by atoms with van der Waals surface area (Å²) in [6.07, 6.45) is 0. The predicted octanol–water partition coefficient (Wildman–Crippen LogP) is 2.73. The lowest BCUT2D eigenvalue weighted by Gasteiger charge is -2.18. The average Bonchev–Trinajstić information content (AvgIpc) is 2.87. The van der Waals surface area contributed by atoms with E-state index in [1.165, 1.54) is 10.3 Å². The number of hydrogen-bond donors (Lipinski definition) is 1. The summed E-state index contributed by atoms with van der Waals surface area (Å²) in [5, 5.41) is 10.4. The van der Waals surface area contributed by atoms with Crippen molar-refractivity contribution in [2.45, 2.75) is 13.8 Å². The van der Waals surface area contributed by atoms with Gasteiger partial charge in [0.1, 0.15) is 0 Å². The summed E-state index contributed by atoms with van der Waals surface area (Å²) in [4.78, 5) is 28.4. The first kappa shape index (κ1) is 14.2. The number of carbonyl (C=O) groups excluding carboxylic acids is 1. The summed E-state index contributed by atoms with van der Waals surface area (Å²) < 4.78 is 0. The van der Waals surface area contributed by atoms with Crippen molar-refractivity contribution in [3.8, 4) is 0 Å². The molecule has 5 nitrogen and oxygen atoms in total. The van der Waals surface area contributed by atoms with Crippen molar-refractivity contribution in [1.29, 1.82) is 0 Å². The molecule has 0 aliphatic heterocycles. The maximum absolute atomic E-state index is 12.3. The highest BCUT2D eigenvalue weighted by Crippen LogP contribution is 2.22. The molecule has 2 rings (SSSR count). The Hall–Kier alpha value is -2.21. The fourth-order valence-electron chi connectivity index (χ4n) is 1.90. The van der Waals surface area contributed by atoms with Crippen molar-refractivity contribution in [3.63, 3.8) is 0 Å². The molecule has 0 bridgehead atoms. The van der Waals surface area contributed by atoms with Gasteiger partial charge in [-0.05, 0) is 25.5 Å². The number of aromatic carboxylic acids is 1. The lowest BCUT2D eigenvalue weighted by atomic mass is 10.1. The number of hydrogen-bond acceptors (Lipinski definition) is 4. The van der Waals surface area contributed by atoms with Gasteiger partial charge in [0.15, 0.2) is 10.7 Å². The third kappa shape index (κ3) is 2.70. The van der Waals surface area contributed by atoms with Crippen molar-refractivity contribution < 1.29 is 14.7 Å². The molecule has 0 aliphatic carbocycles. The molecule has 104 valence electrons. The van der Waals surface area contributed by atoms with Crippen molar-refractivity contribution >= 4 is 28.9 Å². The number of nitrogens with zero attached hydrogens (tertiary/aromatic N) is 2. The van der Waals surface area contributed by atoms with E-state index in [9.17, 15) is 9.59 Å². The lowest BCUT2D eigenvalue weighted by Crippen LogP contribution is -2.27. The molecule has 0 unspecified atom stereocenters. The SMILES string of the molecule is Cc1ccc(N(C)C(=O)c2nc(C(=O)O)cs2)c(C)c1. The number of benzene rings is 1. The van der Waals surface area contributed by atoms with Gasteiger partial charge in [-0.1, -0.05) is 17.7 Å². The minimum atomic E-state index is -1.13. The number of carboxylic acid groups (broad SMARTS) is 1. The van der Waals surface area contributed by atoms with Crippen LogP contribution in [0.15, 0.2) is 23.6 Å². The van der Waals surface area contributed by atoms with Crippen LogP contribution in [0, 0.1) is 13.8 Å². The molecule has 1 N–H and O–H groups in total. The minimum Gasteiger partial charge on any atom is -0.476 e. The number of amides is 1. The summed E-state index contributed by atoms with van der Waals surface area (Å²) in [7, 11) is 1.65. The van der Waals surface area contributed by atoms with E-state index in [1.807, 2.05) is 32.0 Å². The fourth-order valence-corrected chi connectivity index (χ4v) is 2.67. The highest BCUT2D eigenvalue weighted by molar-refractivity contribution is 7.12. The smallest absolute Gasteiger partial charge is 0.355 e. The molecule has 0 atom stereocenters. The Labute approximate surface area is 120 Å². The predicted molar refractivity (Wildman–Crippen MR) is 77.7 cm³/mol. The highest BCUT2D eigenvalue weighted by atomic mass is 32.1. The molecule has 0 spiro atoms. The van der Waals surface area contributed by atoms with Gasteiger partial charge in [0, 0.05) is 18.1 Å². The Bertz CT molecular complexity index is 679. The van der Waals surface area contributed by atoms with Gasteiger partial charge in [-0.2, -0.15) is 0 Å². The van der Waals surface area contributed by atoms with E-state index in [1.54, 1.807) is 7.05 Å². The topological polar surface area (TPSA) is 70.5 Å². The van der Waals surface area contributed by atoms with E-state index < -0.39 is 5.97 Å². The number of aryl methyl sites for hydroxylation is 2. The molecule has 6 heteroatoms. The zero-order valence-corrected chi connectivity index (χ0v) is 12.2. The molecule has 2 aromatic rings. The van der Waals surface area contributed by atoms with Gasteiger partial charge in [0.2, 0.25) is 0 Å². The molecule has 1 heterocycles. The van der Waals surface area contributed by atoms with Gasteiger partial charge < -0.3 is 10.0 Å². The van der Waals surface area contributed by atoms with Crippen LogP contribution in [0.3, 0.4) is 0 Å². The van der Waals surface area contributed by atoms with Crippen LogP contribution in [0.5, 0.6) is 0 Å². The summed E-state index contributed by atoms with van der Waals surface area (Å²) >= 11 is 1.03. The van der Waals surface area contributed by atoms with Gasteiger partial charge in [-0.25, -0.2) is 9.78 Å². The Morgan fingerprint density at radius 3 is 2.55 bits per heavy atom. The summed E-state index contributed by atoms with van der Waals surface area (Å²) in [5.41, 5.74) is 2.78. The standard InChI is InChI=1S/C14H14N2O3S/c1-8-4-5-11(9(2)6-8)16(3)13(17)12-15-10(7-20-12)14(18)19/h4-7H,1-3H3,(H,18,19). The number of aromatic nitrogens is 1. The number of anilines is 1. The second-order valence-electron chi connectivity index (χ2n) is 4.50. The van der Waals surface area contributed by atoms with Crippen LogP contribution in [0.25, 0.3) is 0 Å². The van der Waals surface area contributed by atoms with Crippen molar-refractivity contribution in [2.24, 2.45) is 0 Å². The molecule has 0 fully saturated rings.